The van der Waals surface area contributed by atoms with Crippen LogP contribution in [-0.2, 0) is 0 Å². The van der Waals surface area contributed by atoms with Crippen molar-refractivity contribution in [1.82, 2.24) is 9.80 Å². The van der Waals surface area contributed by atoms with Crippen molar-refractivity contribution in [2.45, 2.75) is 27.2 Å². The molecule has 116 valence electrons. The summed E-state index contributed by atoms with van der Waals surface area (Å²) in [5.74, 6) is 0.200. The van der Waals surface area contributed by atoms with E-state index in [1.165, 1.54) is 5.56 Å². The van der Waals surface area contributed by atoms with Crippen molar-refractivity contribution in [3.63, 3.8) is 0 Å². The molecule has 0 N–H and O–H groups in total. The van der Waals surface area contributed by atoms with Gasteiger partial charge in [0.2, 0.25) is 0 Å². The highest BCUT2D eigenvalue weighted by atomic mass is 79.9. The lowest BCUT2D eigenvalue weighted by Crippen LogP contribution is -2.36. The van der Waals surface area contributed by atoms with Crippen LogP contribution in [0, 0.1) is 20.8 Å². The minimum atomic E-state index is 0.200. The second-order valence-corrected chi connectivity index (χ2v) is 6.74. The highest BCUT2D eigenvalue weighted by molar-refractivity contribution is 9.09. The second kappa shape index (κ2) is 7.41. The molecule has 3 nitrogen and oxygen atoms in total. The van der Waals surface area contributed by atoms with Crippen LogP contribution in [0.25, 0.3) is 0 Å². The van der Waals surface area contributed by atoms with Crippen molar-refractivity contribution in [3.8, 4) is 0 Å². The molecule has 0 saturated carbocycles. The number of amides is 1. The number of hydrogen-bond donors (Lipinski definition) is 0. The number of alkyl halides is 1. The number of carbonyl (C=O) groups excluding carboxylic acids is 1. The summed E-state index contributed by atoms with van der Waals surface area (Å²) < 4.78 is 0. The molecule has 0 radical (unpaired) electrons. The van der Waals surface area contributed by atoms with E-state index >= 15 is 0 Å². The highest BCUT2D eigenvalue weighted by Gasteiger charge is 2.22. The smallest absolute Gasteiger partial charge is 0.254 e. The zero-order chi connectivity index (χ0) is 15.4. The van der Waals surface area contributed by atoms with Crippen LogP contribution in [0.1, 0.15) is 33.5 Å². The molecule has 1 aliphatic rings. The molecular formula is C17H25BrN2O. The first-order chi connectivity index (χ1) is 10.0. The average molecular weight is 353 g/mol. The molecule has 21 heavy (non-hydrogen) atoms. The fourth-order valence-electron chi connectivity index (χ4n) is 3.19. The minimum Gasteiger partial charge on any atom is -0.337 e. The second-order valence-electron chi connectivity index (χ2n) is 5.95. The molecule has 0 unspecified atom stereocenters. The SMILES string of the molecule is Cc1cc(C)c(C(=O)N2CCCN(CCBr)CC2)c(C)c1. The van der Waals surface area contributed by atoms with Crippen molar-refractivity contribution in [2.75, 3.05) is 38.1 Å². The summed E-state index contributed by atoms with van der Waals surface area (Å²) in [6.07, 6.45) is 1.06. The lowest BCUT2D eigenvalue weighted by Gasteiger charge is -2.23. The maximum atomic E-state index is 12.9. The van der Waals surface area contributed by atoms with Gasteiger partial charge in [0, 0.05) is 37.1 Å². The number of aryl methyl sites for hydroxylation is 3. The standard InChI is InChI=1S/C17H25BrN2O/c1-13-11-14(2)16(15(3)12-13)17(21)20-7-4-6-19(8-5-18)9-10-20/h11-12H,4-10H2,1-3H3. The van der Waals surface area contributed by atoms with Crippen LogP contribution in [0.2, 0.25) is 0 Å². The minimum absolute atomic E-state index is 0.200. The van der Waals surface area contributed by atoms with Crippen molar-refractivity contribution < 1.29 is 4.79 Å². The molecule has 2 rings (SSSR count). The van der Waals surface area contributed by atoms with Crippen LogP contribution in [0.5, 0.6) is 0 Å². The zero-order valence-corrected chi connectivity index (χ0v) is 14.9. The summed E-state index contributed by atoms with van der Waals surface area (Å²) in [4.78, 5) is 17.3. The van der Waals surface area contributed by atoms with E-state index in [9.17, 15) is 4.79 Å². The Hall–Kier alpha value is -0.870. The highest BCUT2D eigenvalue weighted by Crippen LogP contribution is 2.19. The van der Waals surface area contributed by atoms with Gasteiger partial charge in [-0.15, -0.1) is 0 Å². The summed E-state index contributed by atoms with van der Waals surface area (Å²) in [5.41, 5.74) is 4.31. The third-order valence-corrected chi connectivity index (χ3v) is 4.52. The van der Waals surface area contributed by atoms with Crippen LogP contribution < -0.4 is 0 Å². The molecule has 0 aromatic heterocycles. The van der Waals surface area contributed by atoms with Crippen molar-refractivity contribution in [1.29, 1.82) is 0 Å². The fraction of sp³-hybridized carbons (Fsp3) is 0.588. The van der Waals surface area contributed by atoms with Gasteiger partial charge in [-0.25, -0.2) is 0 Å². The molecule has 1 aliphatic heterocycles. The molecule has 0 atom stereocenters. The molecule has 1 heterocycles. The van der Waals surface area contributed by atoms with Gasteiger partial charge in [0.25, 0.3) is 5.91 Å². The van der Waals surface area contributed by atoms with Gasteiger partial charge in [-0.1, -0.05) is 33.6 Å². The number of halogens is 1. The number of benzene rings is 1. The molecule has 1 aromatic rings. The first-order valence-corrected chi connectivity index (χ1v) is 8.80. The van der Waals surface area contributed by atoms with Crippen LogP contribution >= 0.6 is 15.9 Å². The van der Waals surface area contributed by atoms with E-state index in [0.717, 1.165) is 61.2 Å². The van der Waals surface area contributed by atoms with Gasteiger partial charge in [-0.3, -0.25) is 4.79 Å². The quantitative estimate of drug-likeness (QED) is 0.780. The summed E-state index contributed by atoms with van der Waals surface area (Å²) in [6, 6.07) is 4.21. The van der Waals surface area contributed by atoms with Crippen molar-refractivity contribution in [2.24, 2.45) is 0 Å². The Kier molecular flexibility index (Phi) is 5.82. The third-order valence-electron chi connectivity index (χ3n) is 4.17. The number of nitrogens with zero attached hydrogens (tertiary/aromatic N) is 2. The average Bonchev–Trinajstić information content (AvgIpc) is 2.63. The summed E-state index contributed by atoms with van der Waals surface area (Å²) in [7, 11) is 0. The van der Waals surface area contributed by atoms with Crippen molar-refractivity contribution >= 4 is 21.8 Å². The Morgan fingerprint density at radius 2 is 1.76 bits per heavy atom. The normalized spacial score (nSPS) is 16.9. The fourth-order valence-corrected chi connectivity index (χ4v) is 3.69. The molecule has 0 bridgehead atoms. The Balaban J connectivity index is 2.13. The Morgan fingerprint density at radius 1 is 1.10 bits per heavy atom. The topological polar surface area (TPSA) is 23.6 Å². The van der Waals surface area contributed by atoms with Crippen LogP contribution in [0.4, 0.5) is 0 Å². The summed E-state index contributed by atoms with van der Waals surface area (Å²) in [5, 5.41) is 0.997. The number of carbonyl (C=O) groups is 1. The van der Waals surface area contributed by atoms with Crippen LogP contribution in [0.3, 0.4) is 0 Å². The molecule has 1 fully saturated rings. The molecule has 0 aliphatic carbocycles. The Morgan fingerprint density at radius 3 is 2.38 bits per heavy atom. The molecule has 1 aromatic carbocycles. The van der Waals surface area contributed by atoms with Gasteiger partial charge in [0.05, 0.1) is 0 Å². The molecule has 4 heteroatoms. The van der Waals surface area contributed by atoms with Gasteiger partial charge in [-0.2, -0.15) is 0 Å². The van der Waals surface area contributed by atoms with E-state index in [2.05, 4.69) is 39.9 Å². The molecule has 1 saturated heterocycles. The van der Waals surface area contributed by atoms with E-state index in [1.54, 1.807) is 0 Å². The first kappa shape index (κ1) is 16.5. The Bertz CT molecular complexity index is 493. The zero-order valence-electron chi connectivity index (χ0n) is 13.3. The van der Waals surface area contributed by atoms with E-state index in [-0.39, 0.29) is 5.91 Å². The van der Waals surface area contributed by atoms with Gasteiger partial charge in [0.15, 0.2) is 0 Å². The third kappa shape index (κ3) is 4.07. The van der Waals surface area contributed by atoms with Gasteiger partial charge < -0.3 is 9.80 Å². The summed E-state index contributed by atoms with van der Waals surface area (Å²) in [6.45, 7) is 11.0. The number of rotatable bonds is 3. The molecule has 0 spiro atoms. The van der Waals surface area contributed by atoms with Crippen LogP contribution in [-0.4, -0.2) is 53.8 Å². The maximum Gasteiger partial charge on any atom is 0.254 e. The largest absolute Gasteiger partial charge is 0.337 e. The van der Waals surface area contributed by atoms with E-state index in [1.807, 2.05) is 18.7 Å². The van der Waals surface area contributed by atoms with Gasteiger partial charge in [0.1, 0.15) is 0 Å². The number of hydrogen-bond acceptors (Lipinski definition) is 2. The van der Waals surface area contributed by atoms with Crippen molar-refractivity contribution in [3.05, 3.63) is 34.4 Å². The lowest BCUT2D eigenvalue weighted by molar-refractivity contribution is 0.0760. The van der Waals surface area contributed by atoms with Gasteiger partial charge >= 0.3 is 0 Å². The maximum absolute atomic E-state index is 12.9. The Labute approximate surface area is 136 Å². The predicted molar refractivity (Wildman–Crippen MR) is 91.4 cm³/mol. The monoisotopic (exact) mass is 352 g/mol. The van der Waals surface area contributed by atoms with E-state index in [0.29, 0.717) is 0 Å². The molecule has 1 amide bonds. The van der Waals surface area contributed by atoms with Crippen LogP contribution in [0.15, 0.2) is 12.1 Å². The van der Waals surface area contributed by atoms with E-state index in [4.69, 9.17) is 0 Å². The molecular weight excluding hydrogens is 328 g/mol. The first-order valence-electron chi connectivity index (χ1n) is 7.68. The van der Waals surface area contributed by atoms with Gasteiger partial charge in [-0.05, 0) is 44.9 Å². The lowest BCUT2D eigenvalue weighted by atomic mass is 9.98. The summed E-state index contributed by atoms with van der Waals surface area (Å²) >= 11 is 3.49. The predicted octanol–water partition coefficient (Wildman–Crippen LogP) is 3.15. The van der Waals surface area contributed by atoms with E-state index < -0.39 is 0 Å².